The molecule has 0 saturated heterocycles. The van der Waals surface area contributed by atoms with Gasteiger partial charge in [-0.05, 0) is 68.3 Å². The Kier molecular flexibility index (Phi) is 10.9. The van der Waals surface area contributed by atoms with Crippen LogP contribution in [0.25, 0.3) is 0 Å². The molecule has 0 spiro atoms. The molecule has 0 aliphatic carbocycles. The normalized spacial score (nSPS) is 12.5. The average Bonchev–Trinajstić information content (AvgIpc) is 2.93. The van der Waals surface area contributed by atoms with Crippen LogP contribution in [0, 0.1) is 6.92 Å². The van der Waals surface area contributed by atoms with Crippen LogP contribution in [0.3, 0.4) is 0 Å². The highest BCUT2D eigenvalue weighted by Gasteiger charge is 2.35. The van der Waals surface area contributed by atoms with Crippen LogP contribution in [0.15, 0.2) is 71.6 Å². The van der Waals surface area contributed by atoms with Crippen molar-refractivity contribution in [2.45, 2.75) is 50.9 Å². The van der Waals surface area contributed by atoms with E-state index in [4.69, 9.17) is 23.2 Å². The zero-order valence-electron chi connectivity index (χ0n) is 23.1. The van der Waals surface area contributed by atoms with Gasteiger partial charge in [-0.25, -0.2) is 8.42 Å². The Morgan fingerprint density at radius 2 is 1.67 bits per heavy atom. The minimum absolute atomic E-state index is 0.198. The Balaban J connectivity index is 2.10. The van der Waals surface area contributed by atoms with E-state index < -0.39 is 46.2 Å². The molecule has 0 saturated carbocycles. The van der Waals surface area contributed by atoms with Crippen molar-refractivity contribution >= 4 is 50.7 Å². The van der Waals surface area contributed by atoms with Gasteiger partial charge >= 0.3 is 6.18 Å². The third-order valence-corrected chi connectivity index (χ3v) is 8.80. The van der Waals surface area contributed by atoms with E-state index in [2.05, 4.69) is 5.32 Å². The lowest BCUT2D eigenvalue weighted by atomic mass is 10.1. The summed E-state index contributed by atoms with van der Waals surface area (Å²) >= 11 is 12.3. The number of hydrogen-bond donors (Lipinski definition) is 1. The molecule has 0 aliphatic heterocycles. The van der Waals surface area contributed by atoms with Gasteiger partial charge in [0.25, 0.3) is 10.0 Å². The number of alkyl halides is 3. The molecular formula is C29H30Cl2F3N3O4S. The van der Waals surface area contributed by atoms with Gasteiger partial charge in [0.15, 0.2) is 0 Å². The number of rotatable bonds is 11. The zero-order valence-corrected chi connectivity index (χ0v) is 25.4. The molecule has 42 heavy (non-hydrogen) atoms. The Morgan fingerprint density at radius 3 is 2.26 bits per heavy atom. The Bertz CT molecular complexity index is 1530. The lowest BCUT2D eigenvalue weighted by molar-refractivity contribution is -0.139. The number of aryl methyl sites for hydroxylation is 1. The highest BCUT2D eigenvalue weighted by molar-refractivity contribution is 7.92. The van der Waals surface area contributed by atoms with Gasteiger partial charge in [-0.15, -0.1) is 0 Å². The van der Waals surface area contributed by atoms with E-state index in [1.54, 1.807) is 19.1 Å². The van der Waals surface area contributed by atoms with E-state index >= 15 is 0 Å². The molecule has 3 aromatic carbocycles. The molecule has 0 aromatic heterocycles. The molecule has 226 valence electrons. The maximum absolute atomic E-state index is 13.9. The van der Waals surface area contributed by atoms with Crippen LogP contribution in [0.2, 0.25) is 10.0 Å². The monoisotopic (exact) mass is 643 g/mol. The second-order valence-electron chi connectivity index (χ2n) is 9.60. The van der Waals surface area contributed by atoms with Crippen molar-refractivity contribution < 1.29 is 31.2 Å². The smallest absolute Gasteiger partial charge is 0.354 e. The van der Waals surface area contributed by atoms with Crippen LogP contribution >= 0.6 is 23.2 Å². The number of nitrogens with one attached hydrogen (secondary N) is 1. The summed E-state index contributed by atoms with van der Waals surface area (Å²) in [4.78, 5) is 27.7. The van der Waals surface area contributed by atoms with E-state index in [1.807, 2.05) is 6.92 Å². The van der Waals surface area contributed by atoms with Gasteiger partial charge in [0.2, 0.25) is 11.8 Å². The van der Waals surface area contributed by atoms with Crippen LogP contribution in [0.1, 0.15) is 37.0 Å². The van der Waals surface area contributed by atoms with Crippen LogP contribution < -0.4 is 9.62 Å². The maximum Gasteiger partial charge on any atom is 0.416 e. The molecule has 3 rings (SSSR count). The largest absolute Gasteiger partial charge is 0.416 e. The summed E-state index contributed by atoms with van der Waals surface area (Å²) in [6.07, 6.45) is -4.13. The van der Waals surface area contributed by atoms with Crippen molar-refractivity contribution in [1.29, 1.82) is 0 Å². The second kappa shape index (κ2) is 13.8. The number of carbonyl (C=O) groups excluding carboxylic acids is 2. The lowest BCUT2D eigenvalue weighted by Crippen LogP contribution is -2.51. The number of sulfonamides is 1. The van der Waals surface area contributed by atoms with Crippen molar-refractivity contribution in [2.75, 3.05) is 17.4 Å². The number of nitrogens with zero attached hydrogens (tertiary/aromatic N) is 2. The first-order valence-corrected chi connectivity index (χ1v) is 15.1. The van der Waals surface area contributed by atoms with Crippen molar-refractivity contribution in [1.82, 2.24) is 10.2 Å². The maximum atomic E-state index is 13.9. The second-order valence-corrected chi connectivity index (χ2v) is 12.3. The molecule has 1 N–H and O–H groups in total. The molecule has 1 atom stereocenters. The summed E-state index contributed by atoms with van der Waals surface area (Å²) in [5.74, 6) is -1.34. The first kappa shape index (κ1) is 33.2. The van der Waals surface area contributed by atoms with Gasteiger partial charge in [0.1, 0.15) is 12.6 Å². The molecule has 0 unspecified atom stereocenters. The number of hydrogen-bond acceptors (Lipinski definition) is 4. The van der Waals surface area contributed by atoms with Crippen LogP contribution in [0.4, 0.5) is 18.9 Å². The summed E-state index contributed by atoms with van der Waals surface area (Å²) in [5, 5.41) is 3.26. The number of anilines is 1. The van der Waals surface area contributed by atoms with Crippen LogP contribution in [-0.2, 0) is 32.3 Å². The average molecular weight is 645 g/mol. The third kappa shape index (κ3) is 8.17. The molecule has 0 radical (unpaired) electrons. The van der Waals surface area contributed by atoms with E-state index in [1.165, 1.54) is 43.3 Å². The van der Waals surface area contributed by atoms with Crippen LogP contribution in [0.5, 0.6) is 0 Å². The fourth-order valence-electron chi connectivity index (χ4n) is 4.02. The zero-order chi connectivity index (χ0) is 31.2. The first-order valence-electron chi connectivity index (χ1n) is 12.9. The molecule has 13 heteroatoms. The quantitative estimate of drug-likeness (QED) is 0.260. The summed E-state index contributed by atoms with van der Waals surface area (Å²) in [6, 6.07) is 12.9. The van der Waals surface area contributed by atoms with E-state index in [9.17, 15) is 31.2 Å². The summed E-state index contributed by atoms with van der Waals surface area (Å²) in [7, 11) is -4.53. The Morgan fingerprint density at radius 1 is 1.00 bits per heavy atom. The third-order valence-electron chi connectivity index (χ3n) is 6.42. The number of carbonyl (C=O) groups is 2. The molecule has 7 nitrogen and oxygen atoms in total. The SMILES string of the molecule is CCCNC(=O)[C@@H](C)N(Cc1ccc(Cl)cc1Cl)C(=O)CN(c1cccc(C(F)(F)F)c1)S(=O)(=O)c1ccc(C)cc1. The van der Waals surface area contributed by atoms with Gasteiger partial charge in [-0.1, -0.05) is 60.0 Å². The molecule has 0 bridgehead atoms. The first-order chi connectivity index (χ1) is 19.6. The van der Waals surface area contributed by atoms with Crippen molar-refractivity contribution in [2.24, 2.45) is 0 Å². The predicted octanol–water partition coefficient (Wildman–Crippen LogP) is 6.46. The predicted molar refractivity (Wildman–Crippen MR) is 157 cm³/mol. The van der Waals surface area contributed by atoms with Gasteiger partial charge in [0, 0.05) is 23.1 Å². The minimum atomic E-state index is -4.76. The summed E-state index contributed by atoms with van der Waals surface area (Å²) < 4.78 is 69.0. The topological polar surface area (TPSA) is 86.8 Å². The Labute approximate surface area is 253 Å². The van der Waals surface area contributed by atoms with Gasteiger partial charge in [-0.2, -0.15) is 13.2 Å². The standard InChI is InChI=1S/C29H30Cl2F3N3O4S/c1-4-14-35-28(39)20(3)36(17-21-10-11-23(30)16-26(21)31)27(38)18-37(24-7-5-6-22(15-24)29(32,33)34)42(40,41)25-12-8-19(2)9-13-25/h5-13,15-16,20H,4,14,17-18H2,1-3H3,(H,35,39)/t20-/m1/s1. The Hall–Kier alpha value is -3.28. The van der Waals surface area contributed by atoms with Gasteiger partial charge in [0.05, 0.1) is 16.1 Å². The number of halogens is 5. The van der Waals surface area contributed by atoms with Gasteiger partial charge < -0.3 is 10.2 Å². The summed E-state index contributed by atoms with van der Waals surface area (Å²) in [6.45, 7) is 4.31. The van der Waals surface area contributed by atoms with Crippen molar-refractivity contribution in [3.05, 3.63) is 93.5 Å². The van der Waals surface area contributed by atoms with Gasteiger partial charge in [-0.3, -0.25) is 13.9 Å². The molecule has 0 fully saturated rings. The van der Waals surface area contributed by atoms with E-state index in [-0.39, 0.29) is 22.2 Å². The van der Waals surface area contributed by atoms with E-state index in [0.717, 1.165) is 22.6 Å². The highest BCUT2D eigenvalue weighted by Crippen LogP contribution is 2.33. The van der Waals surface area contributed by atoms with Crippen molar-refractivity contribution in [3.63, 3.8) is 0 Å². The van der Waals surface area contributed by atoms with Crippen LogP contribution in [-0.4, -0.2) is 44.3 Å². The lowest BCUT2D eigenvalue weighted by Gasteiger charge is -2.32. The minimum Gasteiger partial charge on any atom is -0.354 e. The van der Waals surface area contributed by atoms with E-state index in [0.29, 0.717) is 33.9 Å². The molecule has 3 aromatic rings. The fraction of sp³-hybridized carbons (Fsp3) is 0.310. The van der Waals surface area contributed by atoms with Crippen molar-refractivity contribution in [3.8, 4) is 0 Å². The molecule has 0 aliphatic rings. The molecule has 0 heterocycles. The number of amides is 2. The highest BCUT2D eigenvalue weighted by atomic mass is 35.5. The molecule has 2 amide bonds. The summed E-state index contributed by atoms with van der Waals surface area (Å²) in [5.41, 5.74) is -0.273. The number of benzene rings is 3. The molecular weight excluding hydrogens is 614 g/mol. The fourth-order valence-corrected chi connectivity index (χ4v) is 5.89.